The minimum atomic E-state index is 0.0913. The largest absolute Gasteiger partial charge is 0.323 e. The summed E-state index contributed by atoms with van der Waals surface area (Å²) in [6, 6.07) is 12.7. The molecule has 2 atom stereocenters. The number of aryl methyl sites for hydroxylation is 1. The Hall–Kier alpha value is -1.12. The van der Waals surface area contributed by atoms with Gasteiger partial charge in [-0.1, -0.05) is 37.3 Å². The van der Waals surface area contributed by atoms with Crippen molar-refractivity contribution in [3.05, 3.63) is 57.8 Å². The van der Waals surface area contributed by atoms with Crippen molar-refractivity contribution in [2.24, 2.45) is 5.73 Å². The first-order valence-corrected chi connectivity index (χ1v) is 6.42. The molecule has 1 aromatic carbocycles. The standard InChI is InChI=1S/C14H17NS/c1-10(12-6-4-3-5-7-12)14(15)13-8-9-16-11(13)2/h3-10,14H,15H2,1-2H3. The summed E-state index contributed by atoms with van der Waals surface area (Å²) in [4.78, 5) is 1.33. The van der Waals surface area contributed by atoms with Crippen LogP contribution in [0, 0.1) is 6.92 Å². The van der Waals surface area contributed by atoms with Gasteiger partial charge in [0.05, 0.1) is 0 Å². The van der Waals surface area contributed by atoms with Crippen LogP contribution in [0.25, 0.3) is 0 Å². The van der Waals surface area contributed by atoms with Crippen molar-refractivity contribution in [1.29, 1.82) is 0 Å². The average Bonchev–Trinajstić information content (AvgIpc) is 2.75. The maximum Gasteiger partial charge on any atom is 0.0372 e. The Morgan fingerprint density at radius 1 is 1.12 bits per heavy atom. The molecule has 0 fully saturated rings. The summed E-state index contributed by atoms with van der Waals surface area (Å²) in [6.45, 7) is 4.33. The quantitative estimate of drug-likeness (QED) is 0.853. The molecule has 0 radical (unpaired) electrons. The van der Waals surface area contributed by atoms with Gasteiger partial charge in [0.1, 0.15) is 0 Å². The van der Waals surface area contributed by atoms with E-state index in [2.05, 4.69) is 49.6 Å². The lowest BCUT2D eigenvalue weighted by molar-refractivity contribution is 0.597. The number of nitrogens with two attached hydrogens (primary N) is 1. The molecule has 84 valence electrons. The molecular weight excluding hydrogens is 214 g/mol. The molecule has 1 aromatic heterocycles. The molecule has 2 aromatic rings. The molecule has 16 heavy (non-hydrogen) atoms. The lowest BCUT2D eigenvalue weighted by Crippen LogP contribution is -2.17. The number of rotatable bonds is 3. The van der Waals surface area contributed by atoms with Crippen LogP contribution >= 0.6 is 11.3 Å². The van der Waals surface area contributed by atoms with E-state index in [1.165, 1.54) is 16.0 Å². The third-order valence-electron chi connectivity index (χ3n) is 3.12. The molecule has 1 heterocycles. The minimum Gasteiger partial charge on any atom is -0.323 e. The smallest absolute Gasteiger partial charge is 0.0372 e. The first-order chi connectivity index (χ1) is 7.70. The first-order valence-electron chi connectivity index (χ1n) is 5.54. The summed E-state index contributed by atoms with van der Waals surface area (Å²) in [5, 5.41) is 2.11. The van der Waals surface area contributed by atoms with E-state index >= 15 is 0 Å². The highest BCUT2D eigenvalue weighted by atomic mass is 32.1. The number of benzene rings is 1. The zero-order valence-electron chi connectivity index (χ0n) is 9.68. The van der Waals surface area contributed by atoms with Crippen LogP contribution in [0.1, 0.15) is 34.9 Å². The van der Waals surface area contributed by atoms with E-state index in [0.717, 1.165) is 0 Å². The van der Waals surface area contributed by atoms with Crippen molar-refractivity contribution in [1.82, 2.24) is 0 Å². The van der Waals surface area contributed by atoms with Gasteiger partial charge in [0, 0.05) is 16.8 Å². The highest BCUT2D eigenvalue weighted by Gasteiger charge is 2.18. The third-order valence-corrected chi connectivity index (χ3v) is 3.98. The van der Waals surface area contributed by atoms with Gasteiger partial charge in [0.25, 0.3) is 0 Å². The van der Waals surface area contributed by atoms with E-state index in [9.17, 15) is 0 Å². The fraction of sp³-hybridized carbons (Fsp3) is 0.286. The highest BCUT2D eigenvalue weighted by Crippen LogP contribution is 2.31. The van der Waals surface area contributed by atoms with Crippen molar-refractivity contribution >= 4 is 11.3 Å². The van der Waals surface area contributed by atoms with Crippen molar-refractivity contribution in [2.75, 3.05) is 0 Å². The Balaban J connectivity index is 2.23. The van der Waals surface area contributed by atoms with Gasteiger partial charge >= 0.3 is 0 Å². The van der Waals surface area contributed by atoms with Crippen LogP contribution in [-0.4, -0.2) is 0 Å². The molecule has 0 aliphatic carbocycles. The second-order valence-corrected chi connectivity index (χ2v) is 5.28. The van der Waals surface area contributed by atoms with Gasteiger partial charge in [0.15, 0.2) is 0 Å². The fourth-order valence-electron chi connectivity index (χ4n) is 1.97. The van der Waals surface area contributed by atoms with Crippen LogP contribution in [0.5, 0.6) is 0 Å². The van der Waals surface area contributed by atoms with Crippen LogP contribution in [0.3, 0.4) is 0 Å². The van der Waals surface area contributed by atoms with E-state index < -0.39 is 0 Å². The van der Waals surface area contributed by atoms with E-state index in [4.69, 9.17) is 5.73 Å². The normalized spacial score (nSPS) is 14.7. The molecular formula is C14H17NS. The number of hydrogen-bond acceptors (Lipinski definition) is 2. The Morgan fingerprint density at radius 3 is 2.38 bits per heavy atom. The third kappa shape index (κ3) is 2.18. The van der Waals surface area contributed by atoms with Crippen LogP contribution in [-0.2, 0) is 0 Å². The average molecular weight is 231 g/mol. The predicted molar refractivity (Wildman–Crippen MR) is 70.8 cm³/mol. The van der Waals surface area contributed by atoms with Crippen LogP contribution < -0.4 is 5.73 Å². The summed E-state index contributed by atoms with van der Waals surface area (Å²) >= 11 is 1.77. The Kier molecular flexibility index (Phi) is 3.42. The predicted octanol–water partition coefficient (Wildman–Crippen LogP) is 3.86. The molecule has 0 amide bonds. The summed E-state index contributed by atoms with van der Waals surface area (Å²) in [5.41, 5.74) is 8.91. The molecule has 2 rings (SSSR count). The molecule has 0 spiro atoms. The van der Waals surface area contributed by atoms with Gasteiger partial charge in [-0.25, -0.2) is 0 Å². The van der Waals surface area contributed by atoms with Crippen molar-refractivity contribution in [2.45, 2.75) is 25.8 Å². The molecule has 0 saturated carbocycles. The Bertz CT molecular complexity index is 447. The van der Waals surface area contributed by atoms with Gasteiger partial charge in [-0.15, -0.1) is 11.3 Å². The molecule has 2 N–H and O–H groups in total. The molecule has 0 saturated heterocycles. The number of hydrogen-bond donors (Lipinski definition) is 1. The van der Waals surface area contributed by atoms with Gasteiger partial charge in [0.2, 0.25) is 0 Å². The monoisotopic (exact) mass is 231 g/mol. The van der Waals surface area contributed by atoms with Gasteiger partial charge in [-0.2, -0.15) is 0 Å². The summed E-state index contributed by atoms with van der Waals surface area (Å²) < 4.78 is 0. The first kappa shape index (κ1) is 11.4. The van der Waals surface area contributed by atoms with Gasteiger partial charge < -0.3 is 5.73 Å². The molecule has 0 bridgehead atoms. The van der Waals surface area contributed by atoms with E-state index in [0.29, 0.717) is 5.92 Å². The molecule has 0 aliphatic heterocycles. The zero-order valence-corrected chi connectivity index (χ0v) is 10.5. The Morgan fingerprint density at radius 2 is 1.81 bits per heavy atom. The maximum absolute atomic E-state index is 6.32. The van der Waals surface area contributed by atoms with Gasteiger partial charge in [-0.3, -0.25) is 0 Å². The summed E-state index contributed by atoms with van der Waals surface area (Å²) in [7, 11) is 0. The topological polar surface area (TPSA) is 26.0 Å². The SMILES string of the molecule is Cc1sccc1C(N)C(C)c1ccccc1. The second-order valence-electron chi connectivity index (χ2n) is 4.16. The van der Waals surface area contributed by atoms with E-state index in [1.54, 1.807) is 11.3 Å². The Labute approximate surface area is 101 Å². The molecule has 0 aliphatic rings. The summed E-state index contributed by atoms with van der Waals surface area (Å²) in [6.07, 6.45) is 0. The lowest BCUT2D eigenvalue weighted by atomic mass is 9.89. The van der Waals surface area contributed by atoms with Gasteiger partial charge in [-0.05, 0) is 29.5 Å². The highest BCUT2D eigenvalue weighted by molar-refractivity contribution is 7.10. The lowest BCUT2D eigenvalue weighted by Gasteiger charge is -2.20. The van der Waals surface area contributed by atoms with Crippen molar-refractivity contribution in [3.8, 4) is 0 Å². The molecule has 1 nitrogen and oxygen atoms in total. The summed E-state index contributed by atoms with van der Waals surface area (Å²) in [5.74, 6) is 0.356. The number of thiophene rings is 1. The van der Waals surface area contributed by atoms with E-state index in [1.807, 2.05) is 6.07 Å². The fourth-order valence-corrected chi connectivity index (χ4v) is 2.73. The second kappa shape index (κ2) is 4.81. The molecule has 2 heteroatoms. The minimum absolute atomic E-state index is 0.0913. The van der Waals surface area contributed by atoms with E-state index in [-0.39, 0.29) is 6.04 Å². The van der Waals surface area contributed by atoms with Crippen LogP contribution in [0.15, 0.2) is 41.8 Å². The van der Waals surface area contributed by atoms with Crippen LogP contribution in [0.2, 0.25) is 0 Å². The zero-order chi connectivity index (χ0) is 11.5. The van der Waals surface area contributed by atoms with Crippen molar-refractivity contribution < 1.29 is 0 Å². The maximum atomic E-state index is 6.32. The molecule has 2 unspecified atom stereocenters. The van der Waals surface area contributed by atoms with Crippen LogP contribution in [0.4, 0.5) is 0 Å². The van der Waals surface area contributed by atoms with Crippen molar-refractivity contribution in [3.63, 3.8) is 0 Å².